The molecule has 0 saturated heterocycles. The molecule has 0 aliphatic heterocycles. The Morgan fingerprint density at radius 1 is 1.31 bits per heavy atom. The van der Waals surface area contributed by atoms with Crippen LogP contribution in [-0.2, 0) is 0 Å². The zero-order valence-electron chi connectivity index (χ0n) is 8.29. The van der Waals surface area contributed by atoms with Crippen LogP contribution in [0.5, 0.6) is 0 Å². The third kappa shape index (κ3) is 4.34. The van der Waals surface area contributed by atoms with E-state index in [1.54, 1.807) is 0 Å². The van der Waals surface area contributed by atoms with Crippen molar-refractivity contribution in [3.05, 3.63) is 30.3 Å². The smallest absolute Gasteiger partial charge is 0.0191 e. The molecule has 0 aliphatic rings. The van der Waals surface area contributed by atoms with Crippen molar-refractivity contribution in [1.29, 1.82) is 0 Å². The number of hydrogen-bond donors (Lipinski definition) is 1. The number of rotatable bonds is 5. The topological polar surface area (TPSA) is 12.0 Å². The van der Waals surface area contributed by atoms with E-state index in [0.29, 0.717) is 5.25 Å². The summed E-state index contributed by atoms with van der Waals surface area (Å²) in [5.74, 6) is 0. The van der Waals surface area contributed by atoms with Crippen molar-refractivity contribution in [3.63, 3.8) is 0 Å². The lowest BCUT2D eigenvalue weighted by Crippen LogP contribution is -2.21. The van der Waals surface area contributed by atoms with E-state index >= 15 is 0 Å². The predicted molar refractivity (Wildman–Crippen MR) is 60.3 cm³/mol. The van der Waals surface area contributed by atoms with E-state index in [2.05, 4.69) is 49.5 Å². The van der Waals surface area contributed by atoms with Gasteiger partial charge in [-0.2, -0.15) is 0 Å². The minimum absolute atomic E-state index is 0.641. The van der Waals surface area contributed by atoms with Crippen molar-refractivity contribution in [2.75, 3.05) is 13.1 Å². The molecule has 1 aromatic rings. The fourth-order valence-corrected chi connectivity index (χ4v) is 2.10. The van der Waals surface area contributed by atoms with Gasteiger partial charge in [-0.05, 0) is 18.7 Å². The highest BCUT2D eigenvalue weighted by atomic mass is 32.2. The number of thioether (sulfide) groups is 1. The molecular formula is C11H17NS. The summed E-state index contributed by atoms with van der Waals surface area (Å²) in [5.41, 5.74) is 0. The molecule has 1 unspecified atom stereocenters. The Bertz CT molecular complexity index is 223. The molecule has 0 aliphatic carbocycles. The largest absolute Gasteiger partial charge is 0.316 e. The first-order valence-corrected chi connectivity index (χ1v) is 5.63. The summed E-state index contributed by atoms with van der Waals surface area (Å²) in [7, 11) is 0. The summed E-state index contributed by atoms with van der Waals surface area (Å²) in [4.78, 5) is 1.35. The molecule has 1 N–H and O–H groups in total. The van der Waals surface area contributed by atoms with Crippen LogP contribution in [0.4, 0.5) is 0 Å². The van der Waals surface area contributed by atoms with Gasteiger partial charge in [0.2, 0.25) is 0 Å². The Kier molecular flexibility index (Phi) is 4.94. The Morgan fingerprint density at radius 2 is 2.00 bits per heavy atom. The lowest BCUT2D eigenvalue weighted by molar-refractivity contribution is 0.713. The van der Waals surface area contributed by atoms with Gasteiger partial charge < -0.3 is 5.32 Å². The van der Waals surface area contributed by atoms with Crippen LogP contribution in [0.1, 0.15) is 13.8 Å². The predicted octanol–water partition coefficient (Wildman–Crippen LogP) is 2.78. The Labute approximate surface area is 84.9 Å². The van der Waals surface area contributed by atoms with Crippen LogP contribution in [0, 0.1) is 0 Å². The van der Waals surface area contributed by atoms with Gasteiger partial charge in [-0.15, -0.1) is 11.8 Å². The Balaban J connectivity index is 2.32. The standard InChI is InChI=1S/C11H17NS/c1-3-12-9-10(2)13-11-7-5-4-6-8-11/h4-8,10,12H,3,9H2,1-2H3. The first-order chi connectivity index (χ1) is 6.33. The lowest BCUT2D eigenvalue weighted by Gasteiger charge is -2.10. The highest BCUT2D eigenvalue weighted by Gasteiger charge is 2.01. The van der Waals surface area contributed by atoms with E-state index in [4.69, 9.17) is 0 Å². The van der Waals surface area contributed by atoms with Crippen LogP contribution >= 0.6 is 11.8 Å². The van der Waals surface area contributed by atoms with Gasteiger partial charge in [0.15, 0.2) is 0 Å². The van der Waals surface area contributed by atoms with E-state index < -0.39 is 0 Å². The van der Waals surface area contributed by atoms with Crippen LogP contribution in [0.3, 0.4) is 0 Å². The molecule has 0 fully saturated rings. The van der Waals surface area contributed by atoms with Gasteiger partial charge in [0.1, 0.15) is 0 Å². The molecule has 0 radical (unpaired) electrons. The van der Waals surface area contributed by atoms with E-state index in [1.807, 2.05) is 11.8 Å². The van der Waals surface area contributed by atoms with Gasteiger partial charge in [0.05, 0.1) is 0 Å². The van der Waals surface area contributed by atoms with Crippen LogP contribution in [0.2, 0.25) is 0 Å². The molecule has 1 atom stereocenters. The van der Waals surface area contributed by atoms with Crippen LogP contribution in [0.15, 0.2) is 35.2 Å². The quantitative estimate of drug-likeness (QED) is 0.725. The number of hydrogen-bond acceptors (Lipinski definition) is 2. The monoisotopic (exact) mass is 195 g/mol. The maximum atomic E-state index is 3.35. The average molecular weight is 195 g/mol. The molecule has 72 valence electrons. The normalized spacial score (nSPS) is 12.8. The summed E-state index contributed by atoms with van der Waals surface area (Å²) >= 11 is 1.92. The van der Waals surface area contributed by atoms with Gasteiger partial charge in [-0.25, -0.2) is 0 Å². The second-order valence-corrected chi connectivity index (χ2v) is 4.56. The fourth-order valence-electron chi connectivity index (χ4n) is 1.12. The van der Waals surface area contributed by atoms with Crippen LogP contribution < -0.4 is 5.32 Å². The molecular weight excluding hydrogens is 178 g/mol. The minimum atomic E-state index is 0.641. The third-order valence-electron chi connectivity index (χ3n) is 1.76. The zero-order valence-corrected chi connectivity index (χ0v) is 9.10. The molecule has 0 spiro atoms. The maximum Gasteiger partial charge on any atom is 0.0191 e. The SMILES string of the molecule is CCNCC(C)Sc1ccccc1. The molecule has 0 bridgehead atoms. The van der Waals surface area contributed by atoms with Gasteiger partial charge >= 0.3 is 0 Å². The summed E-state index contributed by atoms with van der Waals surface area (Å²) in [5, 5.41) is 3.99. The second-order valence-electron chi connectivity index (χ2n) is 3.05. The van der Waals surface area contributed by atoms with Crippen molar-refractivity contribution in [2.45, 2.75) is 24.0 Å². The first kappa shape index (κ1) is 10.6. The molecule has 0 amide bonds. The highest BCUT2D eigenvalue weighted by molar-refractivity contribution is 8.00. The molecule has 1 aromatic carbocycles. The van der Waals surface area contributed by atoms with Gasteiger partial charge in [-0.3, -0.25) is 0 Å². The second kappa shape index (κ2) is 6.06. The summed E-state index contributed by atoms with van der Waals surface area (Å²) in [6.07, 6.45) is 0. The van der Waals surface area contributed by atoms with Gasteiger partial charge in [0, 0.05) is 16.7 Å². The van der Waals surface area contributed by atoms with Crippen LogP contribution in [0.25, 0.3) is 0 Å². The number of benzene rings is 1. The van der Waals surface area contributed by atoms with Crippen molar-refractivity contribution in [1.82, 2.24) is 5.32 Å². The summed E-state index contributed by atoms with van der Waals surface area (Å²) in [6.45, 7) is 6.52. The van der Waals surface area contributed by atoms with Gasteiger partial charge in [-0.1, -0.05) is 32.0 Å². The Hall–Kier alpha value is -0.470. The Morgan fingerprint density at radius 3 is 2.62 bits per heavy atom. The third-order valence-corrected chi connectivity index (χ3v) is 2.88. The summed E-state index contributed by atoms with van der Waals surface area (Å²) in [6, 6.07) is 10.5. The molecule has 1 nitrogen and oxygen atoms in total. The molecule has 13 heavy (non-hydrogen) atoms. The van der Waals surface area contributed by atoms with E-state index in [1.165, 1.54) is 4.90 Å². The molecule has 0 saturated carbocycles. The lowest BCUT2D eigenvalue weighted by atomic mass is 10.4. The molecule has 0 heterocycles. The van der Waals surface area contributed by atoms with Gasteiger partial charge in [0.25, 0.3) is 0 Å². The minimum Gasteiger partial charge on any atom is -0.316 e. The maximum absolute atomic E-state index is 3.35. The molecule has 1 rings (SSSR count). The average Bonchev–Trinajstić information content (AvgIpc) is 2.16. The van der Waals surface area contributed by atoms with Crippen molar-refractivity contribution < 1.29 is 0 Å². The number of nitrogens with one attached hydrogen (secondary N) is 1. The van der Waals surface area contributed by atoms with Crippen molar-refractivity contribution >= 4 is 11.8 Å². The van der Waals surface area contributed by atoms with Crippen LogP contribution in [-0.4, -0.2) is 18.3 Å². The molecule has 0 aromatic heterocycles. The van der Waals surface area contributed by atoms with E-state index in [9.17, 15) is 0 Å². The van der Waals surface area contributed by atoms with Crippen molar-refractivity contribution in [3.8, 4) is 0 Å². The summed E-state index contributed by atoms with van der Waals surface area (Å²) < 4.78 is 0. The highest BCUT2D eigenvalue weighted by Crippen LogP contribution is 2.21. The first-order valence-electron chi connectivity index (χ1n) is 4.75. The molecule has 2 heteroatoms. The van der Waals surface area contributed by atoms with E-state index in [0.717, 1.165) is 13.1 Å². The van der Waals surface area contributed by atoms with E-state index in [-0.39, 0.29) is 0 Å². The zero-order chi connectivity index (χ0) is 9.52. The fraction of sp³-hybridized carbons (Fsp3) is 0.455. The van der Waals surface area contributed by atoms with Crippen molar-refractivity contribution in [2.24, 2.45) is 0 Å².